The molecule has 6 heteroatoms. The Morgan fingerprint density at radius 2 is 0.805 bits per heavy atom. The second-order valence-corrected chi connectivity index (χ2v) is 28.2. The van der Waals surface area contributed by atoms with Crippen molar-refractivity contribution in [1.82, 2.24) is 0 Å². The topological polar surface area (TPSA) is 0 Å². The zero-order valence-corrected chi connectivity index (χ0v) is 51.4. The SMILES string of the molecule is C#CC#CC#CCCc1c(-c2ccc(-c3ccc(C)s3)s2)sc(-c2ccc(-c3ccc(-c4ccc5c(c4)C(CCCCCCCC)(CCCCCCCC)c4cc(-c6ccc(C)s6)ccc4-5)s3)s2)c1CCCCCCCC. The smallest absolute Gasteiger partial charge is 0.0484 e. The summed E-state index contributed by atoms with van der Waals surface area (Å²) in [4.78, 5) is 16.5. The Kier molecular flexibility index (Phi) is 21.1. The first-order chi connectivity index (χ1) is 37.8. The molecule has 6 heterocycles. The molecule has 0 aliphatic heterocycles. The quantitative estimate of drug-likeness (QED) is 0.0324. The van der Waals surface area contributed by atoms with E-state index >= 15 is 0 Å². The lowest BCUT2D eigenvalue weighted by atomic mass is 9.70. The summed E-state index contributed by atoms with van der Waals surface area (Å²) in [5.74, 6) is 14.3. The molecule has 0 spiro atoms. The number of terminal acetylenes is 1. The molecule has 0 N–H and O–H groups in total. The van der Waals surface area contributed by atoms with E-state index in [4.69, 9.17) is 6.42 Å². The molecule has 0 nitrogen and oxygen atoms in total. The van der Waals surface area contributed by atoms with E-state index in [-0.39, 0.29) is 5.41 Å². The van der Waals surface area contributed by atoms with Gasteiger partial charge >= 0.3 is 0 Å². The highest BCUT2D eigenvalue weighted by Crippen LogP contribution is 2.57. The van der Waals surface area contributed by atoms with Crippen molar-refractivity contribution in [3.05, 3.63) is 129 Å². The number of rotatable bonds is 29. The van der Waals surface area contributed by atoms with Gasteiger partial charge in [-0.25, -0.2) is 0 Å². The number of thiophene rings is 6. The lowest BCUT2D eigenvalue weighted by molar-refractivity contribution is 0.398. The van der Waals surface area contributed by atoms with E-state index in [2.05, 4.69) is 161 Å². The van der Waals surface area contributed by atoms with Crippen molar-refractivity contribution in [3.63, 3.8) is 0 Å². The molecule has 1 aliphatic carbocycles. The predicted molar refractivity (Wildman–Crippen MR) is 348 cm³/mol. The van der Waals surface area contributed by atoms with Gasteiger partial charge in [0.15, 0.2) is 0 Å². The van der Waals surface area contributed by atoms with Gasteiger partial charge in [-0.2, -0.15) is 0 Å². The second-order valence-electron chi connectivity index (χ2n) is 21.4. The molecule has 398 valence electrons. The molecule has 0 saturated heterocycles. The zero-order valence-electron chi connectivity index (χ0n) is 46.5. The van der Waals surface area contributed by atoms with E-state index in [1.165, 1.54) is 220 Å². The first-order valence-electron chi connectivity index (χ1n) is 29.2. The second kappa shape index (κ2) is 28.5. The fraction of sp³-hybridized carbons (Fsp3) is 0.408. The van der Waals surface area contributed by atoms with Crippen molar-refractivity contribution in [2.24, 2.45) is 0 Å². The summed E-state index contributed by atoms with van der Waals surface area (Å²) >= 11 is 11.7. The molecule has 0 radical (unpaired) electrons. The number of hydrogen-bond donors (Lipinski definition) is 0. The molecule has 0 bridgehead atoms. The Morgan fingerprint density at radius 1 is 0.390 bits per heavy atom. The highest BCUT2D eigenvalue weighted by molar-refractivity contribution is 7.30. The maximum atomic E-state index is 5.42. The molecule has 0 saturated carbocycles. The Bertz CT molecular complexity index is 3330. The lowest BCUT2D eigenvalue weighted by Gasteiger charge is -2.33. The minimum atomic E-state index is 0.0170. The van der Waals surface area contributed by atoms with Gasteiger partial charge in [-0.05, 0) is 187 Å². The van der Waals surface area contributed by atoms with Gasteiger partial charge in [0, 0.05) is 70.4 Å². The van der Waals surface area contributed by atoms with Gasteiger partial charge in [0.25, 0.3) is 0 Å². The Labute approximate surface area is 487 Å². The molecule has 0 fully saturated rings. The van der Waals surface area contributed by atoms with E-state index < -0.39 is 0 Å². The monoisotopic (exact) mass is 1120 g/mol. The van der Waals surface area contributed by atoms with E-state index in [9.17, 15) is 0 Å². The Morgan fingerprint density at radius 3 is 1.31 bits per heavy atom. The molecule has 2 aromatic carbocycles. The van der Waals surface area contributed by atoms with Crippen LogP contribution in [0.15, 0.2) is 97.1 Å². The van der Waals surface area contributed by atoms with Crippen LogP contribution >= 0.6 is 68.0 Å². The molecule has 0 unspecified atom stereocenters. The summed E-state index contributed by atoms with van der Waals surface area (Å²) in [5, 5.41) is 0. The van der Waals surface area contributed by atoms with Gasteiger partial charge < -0.3 is 0 Å². The van der Waals surface area contributed by atoms with Gasteiger partial charge in [0.1, 0.15) is 0 Å². The third-order valence-electron chi connectivity index (χ3n) is 15.8. The Balaban J connectivity index is 1.06. The molecular formula is C71H78S6. The van der Waals surface area contributed by atoms with Crippen LogP contribution in [-0.4, -0.2) is 0 Å². The van der Waals surface area contributed by atoms with Gasteiger partial charge in [-0.1, -0.05) is 160 Å². The highest BCUT2D eigenvalue weighted by atomic mass is 32.1. The predicted octanol–water partition coefficient (Wildman–Crippen LogP) is 23.9. The minimum Gasteiger partial charge on any atom is -0.141 e. The first kappa shape index (κ1) is 57.0. The third kappa shape index (κ3) is 14.0. The summed E-state index contributed by atoms with van der Waals surface area (Å²) in [6, 6.07) is 38.6. The van der Waals surface area contributed by atoms with Crippen LogP contribution in [0.1, 0.15) is 188 Å². The maximum absolute atomic E-state index is 5.42. The molecule has 0 atom stereocenters. The first-order valence-corrected chi connectivity index (χ1v) is 34.1. The average Bonchev–Trinajstić information content (AvgIpc) is 4.34. The van der Waals surface area contributed by atoms with Crippen LogP contribution in [-0.2, 0) is 18.3 Å². The van der Waals surface area contributed by atoms with Crippen molar-refractivity contribution in [2.75, 3.05) is 0 Å². The molecule has 8 aromatic rings. The summed E-state index contributed by atoms with van der Waals surface area (Å²) in [6.45, 7) is 11.4. The van der Waals surface area contributed by atoms with E-state index in [1.807, 2.05) is 68.0 Å². The highest BCUT2D eigenvalue weighted by Gasteiger charge is 2.43. The standard InChI is InChI=1S/C71H78S6/c1-7-11-15-19-23-27-31-57-58(32-28-24-20-16-12-8-2)70(77-69(57)67-45-43-64(75-67)63-40-34-52(6)73-63)68-46-44-66(76-68)65-42-41-62(74-65)54-36-38-56-55-37-35-53(61-39-33-51(5)72-61)49-59(55)71(60(56)50-54,47-29-25-21-17-13-9-3)48-30-26-22-18-14-10-4/h1,33-46,49-50H,8-10,12-14,16-18,20-22,24-32,47-48H2,2-6H3. The minimum absolute atomic E-state index is 0.0170. The van der Waals surface area contributed by atoms with Gasteiger partial charge in [0.2, 0.25) is 0 Å². The number of hydrogen-bond acceptors (Lipinski definition) is 6. The number of fused-ring (bicyclic) bond motifs is 3. The summed E-state index contributed by atoms with van der Waals surface area (Å²) in [7, 11) is 0. The number of unbranched alkanes of at least 4 members (excludes halogenated alkanes) is 15. The van der Waals surface area contributed by atoms with Gasteiger partial charge in [-0.3, -0.25) is 0 Å². The van der Waals surface area contributed by atoms with E-state index in [0.29, 0.717) is 0 Å². The molecule has 1 aliphatic rings. The van der Waals surface area contributed by atoms with Crippen LogP contribution in [0.3, 0.4) is 0 Å². The van der Waals surface area contributed by atoms with Crippen molar-refractivity contribution in [1.29, 1.82) is 0 Å². The summed E-state index contributed by atoms with van der Waals surface area (Å²) in [6.07, 6.45) is 34.2. The fourth-order valence-corrected chi connectivity index (χ4v) is 18.3. The molecular weight excluding hydrogens is 1050 g/mol. The van der Waals surface area contributed by atoms with Crippen LogP contribution in [0.25, 0.3) is 71.0 Å². The molecule has 0 amide bonds. The van der Waals surface area contributed by atoms with E-state index in [1.54, 1.807) is 11.1 Å². The van der Waals surface area contributed by atoms with Gasteiger partial charge in [-0.15, -0.1) is 74.4 Å². The van der Waals surface area contributed by atoms with Crippen LogP contribution < -0.4 is 0 Å². The van der Waals surface area contributed by atoms with Crippen molar-refractivity contribution in [2.45, 2.75) is 188 Å². The average molecular weight is 1120 g/mol. The van der Waals surface area contributed by atoms with Crippen LogP contribution in [0.5, 0.6) is 0 Å². The maximum Gasteiger partial charge on any atom is 0.0484 e. The number of aryl methyl sites for hydroxylation is 2. The van der Waals surface area contributed by atoms with Crippen molar-refractivity contribution < 1.29 is 0 Å². The fourth-order valence-electron chi connectivity index (χ4n) is 11.7. The third-order valence-corrected chi connectivity index (χ3v) is 23.1. The molecule has 77 heavy (non-hydrogen) atoms. The van der Waals surface area contributed by atoms with Crippen LogP contribution in [0.2, 0.25) is 0 Å². The largest absolute Gasteiger partial charge is 0.141 e. The normalized spacial score (nSPS) is 12.3. The van der Waals surface area contributed by atoms with Crippen molar-refractivity contribution >= 4 is 68.0 Å². The molecule has 6 aromatic heterocycles. The van der Waals surface area contributed by atoms with Crippen molar-refractivity contribution in [3.8, 4) is 107 Å². The Hall–Kier alpha value is -4.68. The van der Waals surface area contributed by atoms with Gasteiger partial charge in [0.05, 0.1) is 0 Å². The van der Waals surface area contributed by atoms with Crippen LogP contribution in [0, 0.1) is 49.9 Å². The lowest BCUT2D eigenvalue weighted by Crippen LogP contribution is -2.25. The van der Waals surface area contributed by atoms with E-state index in [0.717, 1.165) is 19.3 Å². The summed E-state index contributed by atoms with van der Waals surface area (Å²) < 4.78 is 0. The zero-order chi connectivity index (χ0) is 53.4. The van der Waals surface area contributed by atoms with Crippen LogP contribution in [0.4, 0.5) is 0 Å². The number of benzene rings is 2. The molecule has 9 rings (SSSR count). The summed E-state index contributed by atoms with van der Waals surface area (Å²) in [5.41, 5.74) is 11.9.